The second kappa shape index (κ2) is 11.0. The minimum atomic E-state index is 1.08. The monoisotopic (exact) mass is 651 g/mol. The largest absolute Gasteiger partial charge is 0.310 e. The van der Waals surface area contributed by atoms with Crippen LogP contribution in [0.1, 0.15) is 12.8 Å². The first kappa shape index (κ1) is 28.3. The zero-order valence-electron chi connectivity index (χ0n) is 28.0. The van der Waals surface area contributed by atoms with Gasteiger partial charge in [-0.2, -0.15) is 0 Å². The summed E-state index contributed by atoms with van der Waals surface area (Å²) in [5.41, 5.74) is 13.4. The van der Waals surface area contributed by atoms with Gasteiger partial charge in [0, 0.05) is 49.4 Å². The van der Waals surface area contributed by atoms with Crippen LogP contribution in [0.25, 0.3) is 93.6 Å². The van der Waals surface area contributed by atoms with Crippen molar-refractivity contribution in [1.82, 2.24) is 13.7 Å². The zero-order chi connectivity index (χ0) is 33.5. The number of hydrogen-bond donors (Lipinski definition) is 0. The molecule has 0 unspecified atom stereocenters. The van der Waals surface area contributed by atoms with Crippen molar-refractivity contribution in [1.29, 1.82) is 0 Å². The number of fused-ring (bicyclic) bond motifs is 9. The normalized spacial score (nSPS) is 13.4. The molecule has 0 bridgehead atoms. The lowest BCUT2D eigenvalue weighted by molar-refractivity contribution is 1.02. The summed E-state index contributed by atoms with van der Waals surface area (Å²) in [4.78, 5) is 0. The highest BCUT2D eigenvalue weighted by molar-refractivity contribution is 6.14. The van der Waals surface area contributed by atoms with Crippen molar-refractivity contribution < 1.29 is 0 Å². The van der Waals surface area contributed by atoms with E-state index in [-0.39, 0.29) is 0 Å². The molecular formula is C48H33N3. The molecule has 0 fully saturated rings. The summed E-state index contributed by atoms with van der Waals surface area (Å²) in [5.74, 6) is 0. The first-order valence-electron chi connectivity index (χ1n) is 17.8. The summed E-state index contributed by atoms with van der Waals surface area (Å²) in [6, 6.07) is 58.0. The molecule has 7 aromatic carbocycles. The summed E-state index contributed by atoms with van der Waals surface area (Å²) >= 11 is 0. The van der Waals surface area contributed by atoms with Gasteiger partial charge in [0.1, 0.15) is 0 Å². The van der Waals surface area contributed by atoms with Gasteiger partial charge < -0.3 is 13.7 Å². The maximum Gasteiger partial charge on any atom is 0.0542 e. The molecule has 0 atom stereocenters. The highest BCUT2D eigenvalue weighted by Gasteiger charge is 2.18. The van der Waals surface area contributed by atoms with E-state index in [4.69, 9.17) is 0 Å². The Bertz CT molecular complexity index is 3070. The maximum atomic E-state index is 2.44. The number of aromatic nitrogens is 3. The van der Waals surface area contributed by atoms with Crippen molar-refractivity contribution in [2.75, 3.05) is 0 Å². The summed E-state index contributed by atoms with van der Waals surface area (Å²) in [5, 5.41) is 7.60. The van der Waals surface area contributed by atoms with Crippen LogP contribution >= 0.6 is 0 Å². The summed E-state index contributed by atoms with van der Waals surface area (Å²) < 4.78 is 7.25. The van der Waals surface area contributed by atoms with E-state index in [2.05, 4.69) is 190 Å². The molecule has 240 valence electrons. The van der Waals surface area contributed by atoms with Gasteiger partial charge in [-0.1, -0.05) is 97.1 Å². The Morgan fingerprint density at radius 2 is 0.804 bits per heavy atom. The van der Waals surface area contributed by atoms with E-state index < -0.39 is 0 Å². The molecular weight excluding hydrogens is 619 g/mol. The molecule has 51 heavy (non-hydrogen) atoms. The van der Waals surface area contributed by atoms with Crippen LogP contribution in [0, 0.1) is 0 Å². The van der Waals surface area contributed by atoms with Crippen LogP contribution in [0.4, 0.5) is 0 Å². The lowest BCUT2D eigenvalue weighted by atomic mass is 10.0. The van der Waals surface area contributed by atoms with E-state index in [0.717, 1.165) is 12.8 Å². The average Bonchev–Trinajstić information content (AvgIpc) is 3.83. The van der Waals surface area contributed by atoms with Crippen LogP contribution in [0.15, 0.2) is 176 Å². The molecule has 3 nitrogen and oxygen atoms in total. The number of nitrogens with zero attached hydrogens (tertiary/aromatic N) is 3. The second-order valence-electron chi connectivity index (χ2n) is 13.7. The van der Waals surface area contributed by atoms with Crippen molar-refractivity contribution in [3.05, 3.63) is 176 Å². The molecule has 0 aliphatic heterocycles. The van der Waals surface area contributed by atoms with Gasteiger partial charge in [-0.25, -0.2) is 0 Å². The Labute approximate surface area is 295 Å². The standard InChI is InChI=1S/C48H33N3/c1-3-13-34(14-4-1)49-43-20-10-7-17-37(43)40-29-32(23-26-46(40)49)33-24-27-47-41(30-33)38-18-8-12-22-45(38)51(47)36-25-28-48-42(31-36)39-19-9-11-21-44(39)50(48)35-15-5-2-6-16-35/h1,3-5,7-31H,2,6H2. The molecule has 1 aliphatic rings. The Hall–Kier alpha value is -6.58. The summed E-state index contributed by atoms with van der Waals surface area (Å²) in [6.07, 6.45) is 9.10. The quantitative estimate of drug-likeness (QED) is 0.180. The van der Waals surface area contributed by atoms with Gasteiger partial charge >= 0.3 is 0 Å². The van der Waals surface area contributed by atoms with Crippen molar-refractivity contribution in [2.24, 2.45) is 0 Å². The van der Waals surface area contributed by atoms with Gasteiger partial charge in [-0.15, -0.1) is 0 Å². The molecule has 10 aromatic rings. The molecule has 0 amide bonds. The van der Waals surface area contributed by atoms with E-state index in [0.29, 0.717) is 0 Å². The van der Waals surface area contributed by atoms with Crippen LogP contribution in [-0.4, -0.2) is 13.7 Å². The number of rotatable bonds is 4. The van der Waals surface area contributed by atoms with Gasteiger partial charge in [-0.3, -0.25) is 0 Å². The fourth-order valence-corrected chi connectivity index (χ4v) is 8.58. The summed E-state index contributed by atoms with van der Waals surface area (Å²) in [6.45, 7) is 0. The Morgan fingerprint density at radius 1 is 0.333 bits per heavy atom. The van der Waals surface area contributed by atoms with E-state index in [1.807, 2.05) is 0 Å². The predicted molar refractivity (Wildman–Crippen MR) is 216 cm³/mol. The van der Waals surface area contributed by atoms with Crippen molar-refractivity contribution in [3.63, 3.8) is 0 Å². The molecule has 0 radical (unpaired) electrons. The second-order valence-corrected chi connectivity index (χ2v) is 13.7. The van der Waals surface area contributed by atoms with E-state index >= 15 is 0 Å². The Morgan fingerprint density at radius 3 is 1.39 bits per heavy atom. The van der Waals surface area contributed by atoms with Crippen LogP contribution < -0.4 is 0 Å². The van der Waals surface area contributed by atoms with Gasteiger partial charge in [0.15, 0.2) is 0 Å². The first-order valence-corrected chi connectivity index (χ1v) is 17.8. The fraction of sp³-hybridized carbons (Fsp3) is 0.0417. The predicted octanol–water partition coefficient (Wildman–Crippen LogP) is 12.8. The van der Waals surface area contributed by atoms with Gasteiger partial charge in [-0.05, 0) is 103 Å². The van der Waals surface area contributed by atoms with Crippen molar-refractivity contribution in [2.45, 2.75) is 12.8 Å². The van der Waals surface area contributed by atoms with E-state index in [1.54, 1.807) is 0 Å². The van der Waals surface area contributed by atoms with E-state index in [9.17, 15) is 0 Å². The third-order valence-electron chi connectivity index (χ3n) is 10.8. The third-order valence-corrected chi connectivity index (χ3v) is 10.8. The number of para-hydroxylation sites is 4. The molecule has 0 saturated carbocycles. The first-order chi connectivity index (χ1) is 25.3. The van der Waals surface area contributed by atoms with Crippen molar-refractivity contribution in [3.8, 4) is 22.5 Å². The molecule has 1 aliphatic carbocycles. The number of benzene rings is 7. The van der Waals surface area contributed by atoms with Crippen LogP contribution in [0.5, 0.6) is 0 Å². The molecule has 0 spiro atoms. The minimum Gasteiger partial charge on any atom is -0.310 e. The van der Waals surface area contributed by atoms with Gasteiger partial charge in [0.2, 0.25) is 0 Å². The Kier molecular flexibility index (Phi) is 6.08. The fourth-order valence-electron chi connectivity index (χ4n) is 8.58. The van der Waals surface area contributed by atoms with Crippen LogP contribution in [0.3, 0.4) is 0 Å². The Balaban J connectivity index is 1.10. The molecule has 3 aromatic heterocycles. The van der Waals surface area contributed by atoms with Crippen LogP contribution in [0.2, 0.25) is 0 Å². The topological polar surface area (TPSA) is 14.8 Å². The maximum absolute atomic E-state index is 2.44. The molecule has 3 heterocycles. The average molecular weight is 652 g/mol. The molecule has 11 rings (SSSR count). The lowest BCUT2D eigenvalue weighted by Crippen LogP contribution is -1.97. The highest BCUT2D eigenvalue weighted by atomic mass is 15.0. The molecule has 0 saturated heterocycles. The van der Waals surface area contributed by atoms with Gasteiger partial charge in [0.05, 0.1) is 33.1 Å². The smallest absolute Gasteiger partial charge is 0.0542 e. The molecule has 3 heteroatoms. The lowest BCUT2D eigenvalue weighted by Gasteiger charge is -2.13. The summed E-state index contributed by atoms with van der Waals surface area (Å²) in [7, 11) is 0. The van der Waals surface area contributed by atoms with Gasteiger partial charge in [0.25, 0.3) is 0 Å². The third kappa shape index (κ3) is 4.18. The number of hydrogen-bond acceptors (Lipinski definition) is 0. The van der Waals surface area contributed by atoms with Crippen molar-refractivity contribution >= 4 is 71.1 Å². The number of allylic oxidation sites excluding steroid dienone is 4. The SMILES string of the molecule is C1=CC(n2c3ccccc3c3cc(-n4c5ccccc5c5cc(-c6ccc7c(c6)c6ccccc6n7-c6ccccc6)ccc54)ccc32)=CCC1. The van der Waals surface area contributed by atoms with Crippen LogP contribution in [-0.2, 0) is 0 Å². The highest BCUT2D eigenvalue weighted by Crippen LogP contribution is 2.40. The molecule has 0 N–H and O–H groups in total. The van der Waals surface area contributed by atoms with E-state index in [1.165, 1.54) is 93.6 Å². The zero-order valence-corrected chi connectivity index (χ0v) is 28.0. The minimum absolute atomic E-state index is 1.08.